The minimum Gasteiger partial charge on any atom is -0.481 e. The SMILES string of the molecule is CCC(C)C(N)C(=O)NC(CC(=O)O)C(=O)NC(Cc1c[nH]c2ccccc12)C(=O)O. The first-order valence-electron chi connectivity index (χ1n) is 9.99. The summed E-state index contributed by atoms with van der Waals surface area (Å²) in [7, 11) is 0. The number of hydrogen-bond donors (Lipinski definition) is 6. The van der Waals surface area contributed by atoms with Gasteiger partial charge in [-0.15, -0.1) is 0 Å². The van der Waals surface area contributed by atoms with Crippen molar-refractivity contribution in [1.82, 2.24) is 15.6 Å². The Labute approximate surface area is 179 Å². The predicted molar refractivity (Wildman–Crippen MR) is 113 cm³/mol. The van der Waals surface area contributed by atoms with Gasteiger partial charge >= 0.3 is 11.9 Å². The van der Waals surface area contributed by atoms with E-state index in [1.807, 2.05) is 31.2 Å². The number of benzene rings is 1. The standard InChI is InChI=1S/C21H28N4O6/c1-3-11(2)18(22)20(29)24-15(9-17(26)27)19(28)25-16(21(30)31)8-12-10-23-14-7-5-4-6-13(12)14/h4-7,10-11,15-16,18,23H,3,8-9,22H2,1-2H3,(H,24,29)(H,25,28)(H,26,27)(H,30,31). The van der Waals surface area contributed by atoms with Crippen LogP contribution in [0.25, 0.3) is 10.9 Å². The van der Waals surface area contributed by atoms with Crippen molar-refractivity contribution in [3.8, 4) is 0 Å². The second kappa shape index (κ2) is 10.6. The molecule has 0 spiro atoms. The van der Waals surface area contributed by atoms with Crippen molar-refractivity contribution in [2.24, 2.45) is 11.7 Å². The zero-order valence-electron chi connectivity index (χ0n) is 17.4. The number of aromatic amines is 1. The molecule has 31 heavy (non-hydrogen) atoms. The number of nitrogens with two attached hydrogens (primary N) is 1. The lowest BCUT2D eigenvalue weighted by Crippen LogP contribution is -2.56. The Hall–Kier alpha value is -3.40. The Morgan fingerprint density at radius 2 is 1.71 bits per heavy atom. The van der Waals surface area contributed by atoms with Gasteiger partial charge in [0.25, 0.3) is 0 Å². The summed E-state index contributed by atoms with van der Waals surface area (Å²) < 4.78 is 0. The third-order valence-corrected chi connectivity index (χ3v) is 5.29. The van der Waals surface area contributed by atoms with E-state index in [4.69, 9.17) is 10.8 Å². The van der Waals surface area contributed by atoms with Crippen LogP contribution in [0.3, 0.4) is 0 Å². The first-order valence-corrected chi connectivity index (χ1v) is 9.99. The molecule has 7 N–H and O–H groups in total. The van der Waals surface area contributed by atoms with Crippen LogP contribution in [0.5, 0.6) is 0 Å². The van der Waals surface area contributed by atoms with Gasteiger partial charge in [-0.2, -0.15) is 0 Å². The second-order valence-corrected chi connectivity index (χ2v) is 7.53. The highest BCUT2D eigenvalue weighted by Gasteiger charge is 2.31. The monoisotopic (exact) mass is 432 g/mol. The number of para-hydroxylation sites is 1. The maximum Gasteiger partial charge on any atom is 0.326 e. The molecule has 1 aromatic heterocycles. The molecule has 0 fully saturated rings. The molecule has 0 aliphatic heterocycles. The molecule has 1 heterocycles. The van der Waals surface area contributed by atoms with Gasteiger partial charge in [0.15, 0.2) is 0 Å². The maximum atomic E-state index is 12.7. The quantitative estimate of drug-likeness (QED) is 0.301. The van der Waals surface area contributed by atoms with Crippen LogP contribution in [-0.2, 0) is 25.6 Å². The summed E-state index contributed by atoms with van der Waals surface area (Å²) >= 11 is 0. The van der Waals surface area contributed by atoms with Crippen molar-refractivity contribution in [2.75, 3.05) is 0 Å². The van der Waals surface area contributed by atoms with Crippen LogP contribution in [0.2, 0.25) is 0 Å². The Kier molecular flexibility index (Phi) is 8.14. The van der Waals surface area contributed by atoms with Gasteiger partial charge in [0.05, 0.1) is 12.5 Å². The van der Waals surface area contributed by atoms with Crippen molar-refractivity contribution >= 4 is 34.7 Å². The van der Waals surface area contributed by atoms with Crippen molar-refractivity contribution in [2.45, 2.75) is 51.2 Å². The number of amides is 2. The van der Waals surface area contributed by atoms with Crippen LogP contribution in [0.4, 0.5) is 0 Å². The van der Waals surface area contributed by atoms with E-state index in [1.54, 1.807) is 13.1 Å². The smallest absolute Gasteiger partial charge is 0.326 e. The summed E-state index contributed by atoms with van der Waals surface area (Å²) in [6.45, 7) is 3.61. The van der Waals surface area contributed by atoms with Crippen molar-refractivity contribution in [3.05, 3.63) is 36.0 Å². The summed E-state index contributed by atoms with van der Waals surface area (Å²) in [6, 6.07) is 3.62. The summed E-state index contributed by atoms with van der Waals surface area (Å²) in [6.07, 6.45) is 1.56. The molecule has 0 aliphatic rings. The van der Waals surface area contributed by atoms with E-state index in [9.17, 15) is 24.3 Å². The van der Waals surface area contributed by atoms with E-state index < -0.39 is 48.3 Å². The van der Waals surface area contributed by atoms with Gasteiger partial charge < -0.3 is 31.6 Å². The van der Waals surface area contributed by atoms with Crippen LogP contribution in [0.1, 0.15) is 32.3 Å². The molecule has 0 aliphatic carbocycles. The fourth-order valence-corrected chi connectivity index (χ4v) is 3.16. The third kappa shape index (κ3) is 6.29. The van der Waals surface area contributed by atoms with Crippen LogP contribution < -0.4 is 16.4 Å². The van der Waals surface area contributed by atoms with Crippen LogP contribution in [0.15, 0.2) is 30.5 Å². The van der Waals surface area contributed by atoms with E-state index in [2.05, 4.69) is 15.6 Å². The summed E-state index contributed by atoms with van der Waals surface area (Å²) in [5.74, 6) is -4.35. The fraction of sp³-hybridized carbons (Fsp3) is 0.429. The molecular formula is C21H28N4O6. The van der Waals surface area contributed by atoms with Crippen LogP contribution >= 0.6 is 0 Å². The number of hydrogen-bond acceptors (Lipinski definition) is 5. The molecular weight excluding hydrogens is 404 g/mol. The first kappa shape index (κ1) is 23.9. The lowest BCUT2D eigenvalue weighted by molar-refractivity contribution is -0.143. The molecule has 0 saturated carbocycles. The maximum absolute atomic E-state index is 12.7. The van der Waals surface area contributed by atoms with Gasteiger partial charge in [-0.05, 0) is 17.5 Å². The molecule has 10 nitrogen and oxygen atoms in total. The Morgan fingerprint density at radius 3 is 2.32 bits per heavy atom. The van der Waals surface area contributed by atoms with Gasteiger partial charge in [0, 0.05) is 23.5 Å². The number of rotatable bonds is 11. The highest BCUT2D eigenvalue weighted by molar-refractivity contribution is 5.94. The van der Waals surface area contributed by atoms with Gasteiger partial charge in [-0.25, -0.2) is 4.79 Å². The lowest BCUT2D eigenvalue weighted by Gasteiger charge is -2.23. The fourth-order valence-electron chi connectivity index (χ4n) is 3.16. The molecule has 10 heteroatoms. The number of aromatic nitrogens is 1. The average Bonchev–Trinajstić information content (AvgIpc) is 3.13. The summed E-state index contributed by atoms with van der Waals surface area (Å²) in [5.41, 5.74) is 7.36. The van der Waals surface area contributed by atoms with E-state index in [0.717, 1.165) is 10.9 Å². The topological polar surface area (TPSA) is 175 Å². The number of carbonyl (C=O) groups excluding carboxylic acids is 2. The minimum atomic E-state index is -1.45. The molecule has 2 rings (SSSR count). The lowest BCUT2D eigenvalue weighted by atomic mass is 9.99. The van der Waals surface area contributed by atoms with Crippen molar-refractivity contribution in [3.63, 3.8) is 0 Å². The number of fused-ring (bicyclic) bond motifs is 1. The van der Waals surface area contributed by atoms with Crippen LogP contribution in [0, 0.1) is 5.92 Å². The zero-order valence-corrected chi connectivity index (χ0v) is 17.4. The molecule has 2 amide bonds. The Morgan fingerprint density at radius 1 is 1.06 bits per heavy atom. The predicted octanol–water partition coefficient (Wildman–Crippen LogP) is 0.613. The first-order chi connectivity index (χ1) is 14.6. The second-order valence-electron chi connectivity index (χ2n) is 7.53. The van der Waals surface area contributed by atoms with Gasteiger partial charge in [0.1, 0.15) is 12.1 Å². The molecule has 1 aromatic carbocycles. The van der Waals surface area contributed by atoms with E-state index in [-0.39, 0.29) is 12.3 Å². The molecule has 0 saturated heterocycles. The van der Waals surface area contributed by atoms with Gasteiger partial charge in [0.2, 0.25) is 11.8 Å². The van der Waals surface area contributed by atoms with Crippen LogP contribution in [-0.4, -0.2) is 57.1 Å². The average molecular weight is 432 g/mol. The van der Waals surface area contributed by atoms with Gasteiger partial charge in [-0.1, -0.05) is 38.5 Å². The number of H-pyrrole nitrogens is 1. The molecule has 168 valence electrons. The molecule has 0 bridgehead atoms. The van der Waals surface area contributed by atoms with Crippen molar-refractivity contribution < 1.29 is 29.4 Å². The third-order valence-electron chi connectivity index (χ3n) is 5.29. The number of aliphatic carboxylic acids is 2. The van der Waals surface area contributed by atoms with Gasteiger partial charge in [-0.3, -0.25) is 14.4 Å². The molecule has 2 aromatic rings. The Bertz CT molecular complexity index is 956. The molecule has 0 radical (unpaired) electrons. The van der Waals surface area contributed by atoms with E-state index in [1.165, 1.54) is 0 Å². The summed E-state index contributed by atoms with van der Waals surface area (Å²) in [5, 5.41) is 24.2. The summed E-state index contributed by atoms with van der Waals surface area (Å²) in [4.78, 5) is 51.0. The zero-order chi connectivity index (χ0) is 23.1. The Balaban J connectivity index is 2.15. The van der Waals surface area contributed by atoms with Crippen molar-refractivity contribution in [1.29, 1.82) is 0 Å². The minimum absolute atomic E-state index is 0.0226. The van der Waals surface area contributed by atoms with E-state index >= 15 is 0 Å². The number of carboxylic acid groups (broad SMARTS) is 2. The number of nitrogens with one attached hydrogen (secondary N) is 3. The molecule has 4 unspecified atom stereocenters. The highest BCUT2D eigenvalue weighted by Crippen LogP contribution is 2.19. The normalized spacial score (nSPS) is 14.9. The van der Waals surface area contributed by atoms with E-state index in [0.29, 0.717) is 12.0 Å². The highest BCUT2D eigenvalue weighted by atomic mass is 16.4. The number of carbonyl (C=O) groups is 4. The molecule has 4 atom stereocenters. The largest absolute Gasteiger partial charge is 0.481 e. The number of carboxylic acids is 2.